The van der Waals surface area contributed by atoms with Crippen molar-refractivity contribution < 1.29 is 4.39 Å². The number of hydrogen-bond donors (Lipinski definition) is 0. The highest BCUT2D eigenvalue weighted by atomic mass is 35.5. The van der Waals surface area contributed by atoms with Crippen LogP contribution in [0, 0.1) is 5.82 Å². The smallest absolute Gasteiger partial charge is 0.124 e. The predicted octanol–water partition coefficient (Wildman–Crippen LogP) is 3.51. The van der Waals surface area contributed by atoms with Crippen molar-refractivity contribution in [2.75, 3.05) is 0 Å². The Morgan fingerprint density at radius 1 is 1.45 bits per heavy atom. The topological polar surface area (TPSA) is 0 Å². The quantitative estimate of drug-likeness (QED) is 0.605. The Balaban J connectivity index is 3.09. The van der Waals surface area contributed by atoms with Gasteiger partial charge in [-0.25, -0.2) is 4.39 Å². The lowest BCUT2D eigenvalue weighted by Crippen LogP contribution is -1.77. The first-order valence-electron chi connectivity index (χ1n) is 3.32. The van der Waals surface area contributed by atoms with Crippen LogP contribution in [0.1, 0.15) is 12.5 Å². The van der Waals surface area contributed by atoms with Crippen LogP contribution < -0.4 is 0 Å². The monoisotopic (exact) mass is 170 g/mol. The molecule has 0 heterocycles. The fourth-order valence-electron chi connectivity index (χ4n) is 0.816. The summed E-state index contributed by atoms with van der Waals surface area (Å²) in [5, 5.41) is 0.447. The van der Waals surface area contributed by atoms with Crippen LogP contribution in [0.3, 0.4) is 0 Å². The standard InChI is InChI=1S/C9H8ClF/c1-2-3-7-4-5-8(11)6-9(7)10/h2-6H,1H3/b3-2+. The van der Waals surface area contributed by atoms with Gasteiger partial charge in [-0.15, -0.1) is 0 Å². The Morgan fingerprint density at radius 3 is 2.73 bits per heavy atom. The third kappa shape index (κ3) is 2.05. The van der Waals surface area contributed by atoms with E-state index in [0.29, 0.717) is 5.02 Å². The van der Waals surface area contributed by atoms with E-state index in [1.54, 1.807) is 6.07 Å². The molecule has 0 aliphatic carbocycles. The fourth-order valence-corrected chi connectivity index (χ4v) is 1.05. The summed E-state index contributed by atoms with van der Waals surface area (Å²) >= 11 is 5.72. The molecule has 0 atom stereocenters. The molecule has 0 amide bonds. The van der Waals surface area contributed by atoms with Crippen molar-refractivity contribution in [1.29, 1.82) is 0 Å². The van der Waals surface area contributed by atoms with Crippen molar-refractivity contribution in [3.8, 4) is 0 Å². The minimum Gasteiger partial charge on any atom is -0.207 e. The van der Waals surface area contributed by atoms with Gasteiger partial charge in [-0.3, -0.25) is 0 Å². The number of hydrogen-bond acceptors (Lipinski definition) is 0. The van der Waals surface area contributed by atoms with Gasteiger partial charge >= 0.3 is 0 Å². The van der Waals surface area contributed by atoms with Gasteiger partial charge in [0.1, 0.15) is 5.82 Å². The van der Waals surface area contributed by atoms with Crippen LogP contribution in [-0.2, 0) is 0 Å². The maximum atomic E-state index is 12.5. The lowest BCUT2D eigenvalue weighted by Gasteiger charge is -1.96. The Bertz CT molecular complexity index is 279. The molecule has 0 radical (unpaired) electrons. The zero-order valence-electron chi connectivity index (χ0n) is 6.14. The highest BCUT2D eigenvalue weighted by molar-refractivity contribution is 6.32. The molecule has 0 spiro atoms. The van der Waals surface area contributed by atoms with Crippen LogP contribution >= 0.6 is 11.6 Å². The highest BCUT2D eigenvalue weighted by Crippen LogP contribution is 2.18. The molecule has 0 saturated heterocycles. The van der Waals surface area contributed by atoms with E-state index in [2.05, 4.69) is 0 Å². The molecule has 0 saturated carbocycles. The Hall–Kier alpha value is -0.820. The molecular weight excluding hydrogens is 163 g/mol. The molecule has 0 aliphatic rings. The largest absolute Gasteiger partial charge is 0.207 e. The molecule has 0 aromatic heterocycles. The lowest BCUT2D eigenvalue weighted by molar-refractivity contribution is 0.628. The molecule has 0 bridgehead atoms. The van der Waals surface area contributed by atoms with E-state index in [-0.39, 0.29) is 5.82 Å². The highest BCUT2D eigenvalue weighted by Gasteiger charge is 1.96. The summed E-state index contributed by atoms with van der Waals surface area (Å²) in [4.78, 5) is 0. The number of benzene rings is 1. The van der Waals surface area contributed by atoms with Crippen LogP contribution in [0.25, 0.3) is 6.08 Å². The zero-order valence-corrected chi connectivity index (χ0v) is 6.90. The third-order valence-corrected chi connectivity index (χ3v) is 1.64. The van der Waals surface area contributed by atoms with Crippen LogP contribution in [0.2, 0.25) is 5.02 Å². The summed E-state index contributed by atoms with van der Waals surface area (Å²) in [7, 11) is 0. The average Bonchev–Trinajstić information content (AvgIpc) is 1.95. The summed E-state index contributed by atoms with van der Waals surface area (Å²) in [6.45, 7) is 1.89. The van der Waals surface area contributed by atoms with Gasteiger partial charge in [0.2, 0.25) is 0 Å². The molecule has 58 valence electrons. The first-order chi connectivity index (χ1) is 5.24. The van der Waals surface area contributed by atoms with Crippen LogP contribution in [0.15, 0.2) is 24.3 Å². The minimum absolute atomic E-state index is 0.303. The molecule has 0 unspecified atom stereocenters. The summed E-state index contributed by atoms with van der Waals surface area (Å²) < 4.78 is 12.5. The second kappa shape index (κ2) is 3.54. The van der Waals surface area contributed by atoms with E-state index in [1.807, 2.05) is 19.1 Å². The molecule has 1 rings (SSSR count). The van der Waals surface area contributed by atoms with Gasteiger partial charge in [-0.2, -0.15) is 0 Å². The maximum absolute atomic E-state index is 12.5. The Labute approximate surface area is 70.3 Å². The first-order valence-corrected chi connectivity index (χ1v) is 3.69. The first kappa shape index (κ1) is 8.28. The summed E-state index contributed by atoms with van der Waals surface area (Å²) in [5.41, 5.74) is 0.843. The van der Waals surface area contributed by atoms with Crippen molar-refractivity contribution >= 4 is 17.7 Å². The maximum Gasteiger partial charge on any atom is 0.124 e. The molecule has 0 nitrogen and oxygen atoms in total. The molecular formula is C9H8ClF. The number of allylic oxidation sites excluding steroid dienone is 1. The molecule has 0 aliphatic heterocycles. The normalized spacial score (nSPS) is 10.8. The van der Waals surface area contributed by atoms with Gasteiger partial charge in [0.25, 0.3) is 0 Å². The number of rotatable bonds is 1. The van der Waals surface area contributed by atoms with Crippen LogP contribution in [0.4, 0.5) is 4.39 Å². The Kier molecular flexibility index (Phi) is 2.66. The second-order valence-corrected chi connectivity index (χ2v) is 2.57. The van der Waals surface area contributed by atoms with Gasteiger partial charge < -0.3 is 0 Å². The van der Waals surface area contributed by atoms with E-state index in [0.717, 1.165) is 5.56 Å². The van der Waals surface area contributed by atoms with E-state index in [1.165, 1.54) is 12.1 Å². The van der Waals surface area contributed by atoms with Gasteiger partial charge in [-0.1, -0.05) is 29.8 Å². The van der Waals surface area contributed by atoms with E-state index < -0.39 is 0 Å². The van der Waals surface area contributed by atoms with Crippen molar-refractivity contribution in [2.24, 2.45) is 0 Å². The zero-order chi connectivity index (χ0) is 8.27. The molecule has 0 fully saturated rings. The summed E-state index contributed by atoms with van der Waals surface area (Å²) in [5.74, 6) is -0.303. The molecule has 1 aromatic rings. The van der Waals surface area contributed by atoms with Gasteiger partial charge in [0.15, 0.2) is 0 Å². The van der Waals surface area contributed by atoms with E-state index >= 15 is 0 Å². The van der Waals surface area contributed by atoms with Gasteiger partial charge in [-0.05, 0) is 24.6 Å². The van der Waals surface area contributed by atoms with Crippen LogP contribution in [-0.4, -0.2) is 0 Å². The fraction of sp³-hybridized carbons (Fsp3) is 0.111. The Morgan fingerprint density at radius 2 is 2.18 bits per heavy atom. The van der Waals surface area contributed by atoms with Crippen molar-refractivity contribution in [1.82, 2.24) is 0 Å². The van der Waals surface area contributed by atoms with E-state index in [9.17, 15) is 4.39 Å². The second-order valence-electron chi connectivity index (χ2n) is 2.17. The number of halogens is 2. The predicted molar refractivity (Wildman–Crippen MR) is 46.1 cm³/mol. The minimum atomic E-state index is -0.303. The third-order valence-electron chi connectivity index (χ3n) is 1.31. The summed E-state index contributed by atoms with van der Waals surface area (Å²) in [6.07, 6.45) is 3.70. The van der Waals surface area contributed by atoms with Crippen molar-refractivity contribution in [3.05, 3.63) is 40.7 Å². The average molecular weight is 171 g/mol. The molecule has 1 aromatic carbocycles. The summed E-state index contributed by atoms with van der Waals surface area (Å²) in [6, 6.07) is 4.34. The van der Waals surface area contributed by atoms with E-state index in [4.69, 9.17) is 11.6 Å². The van der Waals surface area contributed by atoms with Gasteiger partial charge in [0, 0.05) is 0 Å². The van der Waals surface area contributed by atoms with Crippen molar-refractivity contribution in [2.45, 2.75) is 6.92 Å². The molecule has 0 N–H and O–H groups in total. The molecule has 2 heteroatoms. The molecule has 11 heavy (non-hydrogen) atoms. The SMILES string of the molecule is C/C=C/c1ccc(F)cc1Cl. The lowest BCUT2D eigenvalue weighted by atomic mass is 10.2. The van der Waals surface area contributed by atoms with Crippen molar-refractivity contribution in [3.63, 3.8) is 0 Å². The van der Waals surface area contributed by atoms with Gasteiger partial charge in [0.05, 0.1) is 5.02 Å². The van der Waals surface area contributed by atoms with Crippen LogP contribution in [0.5, 0.6) is 0 Å².